The number of piperidine rings is 1. The standard InChI is InChI=1S/C18H27ClN2/c1-13(20)11-14-8-9-18(16(19)12-14)21-10-4-6-15-5-2-3-7-17(15)21/h8-9,12-13,15,17H,2-7,10-11,20H2,1H3/t13?,15-,17-/m1/s1. The largest absolute Gasteiger partial charge is 0.367 e. The molecule has 1 unspecified atom stereocenters. The highest BCUT2D eigenvalue weighted by atomic mass is 35.5. The monoisotopic (exact) mass is 306 g/mol. The van der Waals surface area contributed by atoms with Crippen molar-refractivity contribution in [3.8, 4) is 0 Å². The molecule has 2 fully saturated rings. The second-order valence-electron chi connectivity index (χ2n) is 6.91. The normalized spacial score (nSPS) is 27.3. The first-order valence-corrected chi connectivity index (χ1v) is 8.83. The minimum absolute atomic E-state index is 0.185. The van der Waals surface area contributed by atoms with Gasteiger partial charge in [-0.25, -0.2) is 0 Å². The molecule has 116 valence electrons. The molecule has 3 atom stereocenters. The van der Waals surface area contributed by atoms with Crippen molar-refractivity contribution in [2.45, 2.75) is 64.0 Å². The van der Waals surface area contributed by atoms with Gasteiger partial charge in [0.25, 0.3) is 0 Å². The van der Waals surface area contributed by atoms with E-state index in [0.717, 1.165) is 23.9 Å². The predicted octanol–water partition coefficient (Wildman–Crippen LogP) is 4.39. The first-order valence-electron chi connectivity index (χ1n) is 8.46. The molecule has 1 aliphatic carbocycles. The van der Waals surface area contributed by atoms with E-state index in [4.69, 9.17) is 17.3 Å². The average molecular weight is 307 g/mol. The fraction of sp³-hybridized carbons (Fsp3) is 0.667. The lowest BCUT2D eigenvalue weighted by atomic mass is 9.78. The SMILES string of the molecule is CC(N)Cc1ccc(N2CCC[C@H]3CCCC[C@H]32)c(Cl)c1. The minimum atomic E-state index is 0.185. The average Bonchev–Trinajstić information content (AvgIpc) is 2.46. The molecule has 2 N–H and O–H groups in total. The molecule has 3 rings (SSSR count). The van der Waals surface area contributed by atoms with Gasteiger partial charge in [-0.3, -0.25) is 0 Å². The van der Waals surface area contributed by atoms with Crippen LogP contribution >= 0.6 is 11.6 Å². The topological polar surface area (TPSA) is 29.3 Å². The van der Waals surface area contributed by atoms with Crippen LogP contribution in [0.4, 0.5) is 5.69 Å². The summed E-state index contributed by atoms with van der Waals surface area (Å²) in [5.74, 6) is 0.882. The van der Waals surface area contributed by atoms with Crippen LogP contribution in [0, 0.1) is 5.92 Å². The van der Waals surface area contributed by atoms with E-state index in [0.29, 0.717) is 6.04 Å². The molecule has 0 bridgehead atoms. The van der Waals surface area contributed by atoms with Crippen LogP contribution in [0.25, 0.3) is 0 Å². The third kappa shape index (κ3) is 3.37. The molecule has 2 aliphatic rings. The number of halogens is 1. The Morgan fingerprint density at radius 3 is 2.76 bits per heavy atom. The van der Waals surface area contributed by atoms with E-state index >= 15 is 0 Å². The first-order chi connectivity index (χ1) is 10.1. The highest BCUT2D eigenvalue weighted by Crippen LogP contribution is 2.40. The van der Waals surface area contributed by atoms with Gasteiger partial charge < -0.3 is 10.6 Å². The molecule has 1 aliphatic heterocycles. The van der Waals surface area contributed by atoms with Gasteiger partial charge in [0.15, 0.2) is 0 Å². The highest BCUT2D eigenvalue weighted by Gasteiger charge is 2.33. The van der Waals surface area contributed by atoms with Gasteiger partial charge in [-0.05, 0) is 62.6 Å². The van der Waals surface area contributed by atoms with Gasteiger partial charge in [0.2, 0.25) is 0 Å². The van der Waals surface area contributed by atoms with Crippen LogP contribution in [0.2, 0.25) is 5.02 Å². The molecule has 0 aromatic heterocycles. The molecular weight excluding hydrogens is 280 g/mol. The number of hydrogen-bond donors (Lipinski definition) is 1. The van der Waals surface area contributed by atoms with Gasteiger partial charge in [-0.2, -0.15) is 0 Å². The summed E-state index contributed by atoms with van der Waals surface area (Å²) in [6.07, 6.45) is 9.13. The van der Waals surface area contributed by atoms with E-state index < -0.39 is 0 Å². The Labute approximate surface area is 133 Å². The molecule has 0 spiro atoms. The van der Waals surface area contributed by atoms with Gasteiger partial charge in [-0.15, -0.1) is 0 Å². The van der Waals surface area contributed by atoms with Crippen LogP contribution in [0.1, 0.15) is 51.0 Å². The van der Waals surface area contributed by atoms with Gasteiger partial charge in [-0.1, -0.05) is 30.5 Å². The smallest absolute Gasteiger partial charge is 0.0642 e. The lowest BCUT2D eigenvalue weighted by Gasteiger charge is -2.45. The Hall–Kier alpha value is -0.730. The number of fused-ring (bicyclic) bond motifs is 1. The quantitative estimate of drug-likeness (QED) is 0.897. The molecular formula is C18H27ClN2. The van der Waals surface area contributed by atoms with Gasteiger partial charge >= 0.3 is 0 Å². The summed E-state index contributed by atoms with van der Waals surface area (Å²) in [5, 5.41) is 0.902. The molecule has 1 aromatic rings. The number of nitrogens with zero attached hydrogens (tertiary/aromatic N) is 1. The van der Waals surface area contributed by atoms with Crippen molar-refractivity contribution >= 4 is 17.3 Å². The molecule has 1 heterocycles. The van der Waals surface area contributed by atoms with Crippen LogP contribution < -0.4 is 10.6 Å². The first kappa shape index (κ1) is 15.2. The maximum absolute atomic E-state index is 6.59. The van der Waals surface area contributed by atoms with Gasteiger partial charge in [0.1, 0.15) is 0 Å². The fourth-order valence-electron chi connectivity index (χ4n) is 4.21. The van der Waals surface area contributed by atoms with Crippen molar-refractivity contribution in [3.63, 3.8) is 0 Å². The van der Waals surface area contributed by atoms with E-state index in [1.807, 2.05) is 6.92 Å². The molecule has 0 amide bonds. The van der Waals surface area contributed by atoms with E-state index in [1.54, 1.807) is 0 Å². The predicted molar refractivity (Wildman–Crippen MR) is 91.1 cm³/mol. The van der Waals surface area contributed by atoms with Crippen molar-refractivity contribution in [1.82, 2.24) is 0 Å². The Morgan fingerprint density at radius 2 is 2.00 bits per heavy atom. The summed E-state index contributed by atoms with van der Waals surface area (Å²) in [5.41, 5.74) is 8.37. The molecule has 3 heteroatoms. The van der Waals surface area contributed by atoms with Crippen molar-refractivity contribution in [2.24, 2.45) is 11.7 Å². The Bertz CT molecular complexity index is 484. The number of hydrogen-bond acceptors (Lipinski definition) is 2. The third-order valence-electron chi connectivity index (χ3n) is 5.12. The van der Waals surface area contributed by atoms with E-state index in [2.05, 4.69) is 23.1 Å². The highest BCUT2D eigenvalue weighted by molar-refractivity contribution is 6.33. The molecule has 1 aromatic carbocycles. The summed E-state index contributed by atoms with van der Waals surface area (Å²) < 4.78 is 0. The molecule has 2 nitrogen and oxygen atoms in total. The van der Waals surface area contributed by atoms with Crippen molar-refractivity contribution in [1.29, 1.82) is 0 Å². The van der Waals surface area contributed by atoms with Crippen molar-refractivity contribution in [3.05, 3.63) is 28.8 Å². The summed E-state index contributed by atoms with van der Waals surface area (Å²) in [6.45, 7) is 3.20. The Kier molecular flexibility index (Phi) is 4.75. The van der Waals surface area contributed by atoms with Crippen molar-refractivity contribution < 1.29 is 0 Å². The molecule has 1 saturated heterocycles. The lowest BCUT2D eigenvalue weighted by molar-refractivity contribution is 0.244. The summed E-state index contributed by atoms with van der Waals surface area (Å²) in [6, 6.07) is 7.44. The number of benzene rings is 1. The zero-order valence-electron chi connectivity index (χ0n) is 13.0. The second kappa shape index (κ2) is 6.58. The lowest BCUT2D eigenvalue weighted by Crippen LogP contribution is -2.47. The van der Waals surface area contributed by atoms with Gasteiger partial charge in [0.05, 0.1) is 10.7 Å². The van der Waals surface area contributed by atoms with Crippen LogP contribution in [-0.4, -0.2) is 18.6 Å². The van der Waals surface area contributed by atoms with Crippen LogP contribution in [0.3, 0.4) is 0 Å². The zero-order valence-corrected chi connectivity index (χ0v) is 13.8. The fourth-order valence-corrected chi connectivity index (χ4v) is 4.52. The number of rotatable bonds is 3. The number of anilines is 1. The van der Waals surface area contributed by atoms with E-state index in [-0.39, 0.29) is 6.04 Å². The molecule has 1 saturated carbocycles. The molecule has 21 heavy (non-hydrogen) atoms. The maximum Gasteiger partial charge on any atom is 0.0642 e. The van der Waals surface area contributed by atoms with E-state index in [9.17, 15) is 0 Å². The van der Waals surface area contributed by atoms with Crippen LogP contribution in [0.5, 0.6) is 0 Å². The summed E-state index contributed by atoms with van der Waals surface area (Å²) in [7, 11) is 0. The third-order valence-corrected chi connectivity index (χ3v) is 5.43. The van der Waals surface area contributed by atoms with Crippen LogP contribution in [0.15, 0.2) is 18.2 Å². The Balaban J connectivity index is 1.81. The number of nitrogens with two attached hydrogens (primary N) is 1. The zero-order chi connectivity index (χ0) is 14.8. The molecule has 0 radical (unpaired) electrons. The summed E-state index contributed by atoms with van der Waals surface area (Å²) >= 11 is 6.59. The Morgan fingerprint density at radius 1 is 1.24 bits per heavy atom. The van der Waals surface area contributed by atoms with Crippen LogP contribution in [-0.2, 0) is 6.42 Å². The second-order valence-corrected chi connectivity index (χ2v) is 7.32. The van der Waals surface area contributed by atoms with Gasteiger partial charge in [0, 0.05) is 18.6 Å². The van der Waals surface area contributed by atoms with E-state index in [1.165, 1.54) is 49.8 Å². The maximum atomic E-state index is 6.59. The minimum Gasteiger partial charge on any atom is -0.367 e. The summed E-state index contributed by atoms with van der Waals surface area (Å²) in [4.78, 5) is 2.59. The van der Waals surface area contributed by atoms with Crippen molar-refractivity contribution in [2.75, 3.05) is 11.4 Å².